The molecule has 2 N–H and O–H groups in total. The summed E-state index contributed by atoms with van der Waals surface area (Å²) in [7, 11) is 3.23. The Kier molecular flexibility index (Phi) is 3.25. The van der Waals surface area contributed by atoms with Crippen LogP contribution in [0.1, 0.15) is 24.6 Å². The van der Waals surface area contributed by atoms with E-state index in [4.69, 9.17) is 9.47 Å². The lowest BCUT2D eigenvalue weighted by molar-refractivity contribution is 0.355. The van der Waals surface area contributed by atoms with Crippen molar-refractivity contribution in [2.24, 2.45) is 0 Å². The summed E-state index contributed by atoms with van der Waals surface area (Å²) in [6.45, 7) is 0. The Labute approximate surface area is 133 Å². The zero-order valence-corrected chi connectivity index (χ0v) is 13.0. The number of benzene rings is 1. The summed E-state index contributed by atoms with van der Waals surface area (Å²) in [5.74, 6) is 3.42. The summed E-state index contributed by atoms with van der Waals surface area (Å²) >= 11 is 0. The van der Waals surface area contributed by atoms with Crippen LogP contribution in [0.3, 0.4) is 0 Å². The summed E-state index contributed by atoms with van der Waals surface area (Å²) in [6, 6.07) is 5.65. The third-order valence-corrected chi connectivity index (χ3v) is 3.91. The average Bonchev–Trinajstić information content (AvgIpc) is 3.32. The summed E-state index contributed by atoms with van der Waals surface area (Å²) < 4.78 is 10.6. The Morgan fingerprint density at radius 3 is 2.70 bits per heavy atom. The fourth-order valence-electron chi connectivity index (χ4n) is 2.52. The molecular weight excluding hydrogens is 294 g/mol. The van der Waals surface area contributed by atoms with E-state index < -0.39 is 0 Å². The summed E-state index contributed by atoms with van der Waals surface area (Å²) in [5.41, 5.74) is 2.48. The lowest BCUT2D eigenvalue weighted by Gasteiger charge is -2.12. The lowest BCUT2D eigenvalue weighted by atomic mass is 10.2. The molecule has 7 heteroatoms. The number of hydrogen-bond donors (Lipinski definition) is 2. The van der Waals surface area contributed by atoms with Crippen LogP contribution in [-0.2, 0) is 0 Å². The lowest BCUT2D eigenvalue weighted by Crippen LogP contribution is -2.01. The second-order valence-corrected chi connectivity index (χ2v) is 5.53. The molecule has 3 aromatic rings. The van der Waals surface area contributed by atoms with E-state index in [0.717, 1.165) is 41.2 Å². The summed E-state index contributed by atoms with van der Waals surface area (Å²) in [4.78, 5) is 9.23. The van der Waals surface area contributed by atoms with Crippen molar-refractivity contribution in [1.82, 2.24) is 20.2 Å². The number of methoxy groups -OCH3 is 2. The Hall–Kier alpha value is -2.83. The fraction of sp³-hybridized carbons (Fsp3) is 0.312. The second kappa shape index (κ2) is 5.42. The number of hydrogen-bond acceptors (Lipinski definition) is 6. The van der Waals surface area contributed by atoms with Gasteiger partial charge in [-0.3, -0.25) is 5.10 Å². The largest absolute Gasteiger partial charge is 0.493 e. The van der Waals surface area contributed by atoms with E-state index in [-0.39, 0.29) is 0 Å². The highest BCUT2D eigenvalue weighted by Gasteiger charge is 2.28. The number of H-pyrrole nitrogens is 1. The fourth-order valence-corrected chi connectivity index (χ4v) is 2.52. The molecule has 4 rings (SSSR count). The first kappa shape index (κ1) is 13.8. The van der Waals surface area contributed by atoms with Crippen molar-refractivity contribution in [2.75, 3.05) is 19.5 Å². The molecule has 0 unspecified atom stereocenters. The number of ether oxygens (including phenoxy) is 2. The van der Waals surface area contributed by atoms with Gasteiger partial charge in [0, 0.05) is 17.7 Å². The van der Waals surface area contributed by atoms with Gasteiger partial charge in [0.15, 0.2) is 17.3 Å². The van der Waals surface area contributed by atoms with Gasteiger partial charge in [-0.05, 0) is 25.0 Å². The van der Waals surface area contributed by atoms with E-state index in [1.165, 1.54) is 0 Å². The molecule has 2 aromatic heterocycles. The van der Waals surface area contributed by atoms with Gasteiger partial charge in [-0.15, -0.1) is 0 Å². The highest BCUT2D eigenvalue weighted by Crippen LogP contribution is 2.39. The molecule has 1 fully saturated rings. The number of rotatable bonds is 5. The number of aromatic nitrogens is 4. The predicted molar refractivity (Wildman–Crippen MR) is 86.5 cm³/mol. The molecule has 0 atom stereocenters. The minimum atomic E-state index is 0.472. The van der Waals surface area contributed by atoms with E-state index in [1.807, 2.05) is 18.2 Å². The van der Waals surface area contributed by atoms with E-state index >= 15 is 0 Å². The molecule has 1 aliphatic rings. The third kappa shape index (κ3) is 2.54. The van der Waals surface area contributed by atoms with E-state index in [2.05, 4.69) is 25.5 Å². The minimum Gasteiger partial charge on any atom is -0.493 e. The Bertz CT molecular complexity index is 857. The van der Waals surface area contributed by atoms with Gasteiger partial charge in [0.25, 0.3) is 0 Å². The zero-order chi connectivity index (χ0) is 15.8. The molecule has 118 valence electrons. The van der Waals surface area contributed by atoms with Crippen LogP contribution in [0.25, 0.3) is 11.0 Å². The molecule has 0 radical (unpaired) electrons. The van der Waals surface area contributed by atoms with Crippen LogP contribution in [0.5, 0.6) is 11.5 Å². The zero-order valence-electron chi connectivity index (χ0n) is 13.0. The molecular formula is C16H17N5O2. The van der Waals surface area contributed by atoms with Gasteiger partial charge < -0.3 is 14.8 Å². The molecule has 1 aliphatic carbocycles. The predicted octanol–water partition coefficient (Wildman–Crippen LogP) is 2.99. The van der Waals surface area contributed by atoms with Crippen molar-refractivity contribution in [3.8, 4) is 11.5 Å². The molecule has 0 spiro atoms. The number of nitrogens with one attached hydrogen (secondary N) is 2. The van der Waals surface area contributed by atoms with Crippen molar-refractivity contribution in [3.63, 3.8) is 0 Å². The van der Waals surface area contributed by atoms with Gasteiger partial charge in [-0.1, -0.05) is 0 Å². The first-order valence-corrected chi connectivity index (χ1v) is 7.48. The monoisotopic (exact) mass is 311 g/mol. The van der Waals surface area contributed by atoms with Gasteiger partial charge in [0.2, 0.25) is 0 Å². The van der Waals surface area contributed by atoms with Gasteiger partial charge in [0.1, 0.15) is 16.9 Å². The standard InChI is InChI=1S/C16H17N5O2/c1-22-12-6-5-10(7-13(12)23-2)18-16-14-11(8-17-21-14)19-15(20-16)9-3-4-9/h5-9H,3-4H2,1-2H3,(H,17,21)(H,18,19,20). The molecule has 0 aliphatic heterocycles. The Balaban J connectivity index is 1.73. The maximum absolute atomic E-state index is 5.34. The topological polar surface area (TPSA) is 85.0 Å². The van der Waals surface area contributed by atoms with Crippen LogP contribution in [0, 0.1) is 0 Å². The maximum Gasteiger partial charge on any atom is 0.162 e. The number of anilines is 2. The number of nitrogens with zero attached hydrogens (tertiary/aromatic N) is 3. The summed E-state index contributed by atoms with van der Waals surface area (Å²) in [6.07, 6.45) is 4.03. The van der Waals surface area contributed by atoms with Crippen molar-refractivity contribution in [1.29, 1.82) is 0 Å². The van der Waals surface area contributed by atoms with Crippen LogP contribution in [0.2, 0.25) is 0 Å². The van der Waals surface area contributed by atoms with Crippen LogP contribution < -0.4 is 14.8 Å². The quantitative estimate of drug-likeness (QED) is 0.753. The Morgan fingerprint density at radius 1 is 1.13 bits per heavy atom. The van der Waals surface area contributed by atoms with E-state index in [9.17, 15) is 0 Å². The number of fused-ring (bicyclic) bond motifs is 1. The van der Waals surface area contributed by atoms with Crippen molar-refractivity contribution < 1.29 is 9.47 Å². The molecule has 1 aromatic carbocycles. The summed E-state index contributed by atoms with van der Waals surface area (Å²) in [5, 5.41) is 10.4. The molecule has 0 bridgehead atoms. The van der Waals surface area contributed by atoms with E-state index in [1.54, 1.807) is 20.4 Å². The van der Waals surface area contributed by atoms with Gasteiger partial charge >= 0.3 is 0 Å². The van der Waals surface area contributed by atoms with Gasteiger partial charge in [-0.25, -0.2) is 9.97 Å². The highest BCUT2D eigenvalue weighted by molar-refractivity contribution is 5.87. The minimum absolute atomic E-state index is 0.472. The normalized spacial score (nSPS) is 14.0. The van der Waals surface area contributed by atoms with Crippen molar-refractivity contribution >= 4 is 22.5 Å². The van der Waals surface area contributed by atoms with Crippen LogP contribution in [0.15, 0.2) is 24.4 Å². The van der Waals surface area contributed by atoms with Gasteiger partial charge in [0.05, 0.1) is 20.4 Å². The maximum atomic E-state index is 5.34. The van der Waals surface area contributed by atoms with Crippen molar-refractivity contribution in [2.45, 2.75) is 18.8 Å². The molecule has 2 heterocycles. The SMILES string of the molecule is COc1ccc(Nc2nc(C3CC3)nc3cn[nH]c23)cc1OC. The Morgan fingerprint density at radius 2 is 1.96 bits per heavy atom. The highest BCUT2D eigenvalue weighted by atomic mass is 16.5. The van der Waals surface area contributed by atoms with E-state index in [0.29, 0.717) is 17.4 Å². The molecule has 23 heavy (non-hydrogen) atoms. The van der Waals surface area contributed by atoms with Crippen LogP contribution >= 0.6 is 0 Å². The third-order valence-electron chi connectivity index (χ3n) is 3.91. The smallest absolute Gasteiger partial charge is 0.162 e. The molecule has 1 saturated carbocycles. The molecule has 0 amide bonds. The first-order valence-electron chi connectivity index (χ1n) is 7.48. The molecule has 0 saturated heterocycles. The molecule has 7 nitrogen and oxygen atoms in total. The van der Waals surface area contributed by atoms with Crippen molar-refractivity contribution in [3.05, 3.63) is 30.2 Å². The second-order valence-electron chi connectivity index (χ2n) is 5.53. The van der Waals surface area contributed by atoms with Gasteiger partial charge in [-0.2, -0.15) is 5.10 Å². The first-order chi connectivity index (χ1) is 11.3. The van der Waals surface area contributed by atoms with Crippen LogP contribution in [0.4, 0.5) is 11.5 Å². The van der Waals surface area contributed by atoms with Crippen LogP contribution in [-0.4, -0.2) is 34.4 Å². The average molecular weight is 311 g/mol. The number of aromatic amines is 1.